The third-order valence-electron chi connectivity index (χ3n) is 4.33. The van der Waals surface area contributed by atoms with E-state index >= 15 is 0 Å². The van der Waals surface area contributed by atoms with Gasteiger partial charge in [-0.05, 0) is 34.6 Å². The highest BCUT2D eigenvalue weighted by atomic mass is 16.3. The minimum absolute atomic E-state index is 0.102. The van der Waals surface area contributed by atoms with Crippen LogP contribution in [0.4, 0.5) is 0 Å². The Kier molecular flexibility index (Phi) is 5.64. The highest BCUT2D eigenvalue weighted by Gasteiger charge is 2.24. The molecule has 3 N–H and O–H groups in total. The summed E-state index contributed by atoms with van der Waals surface area (Å²) in [6.07, 6.45) is 1.43. The highest BCUT2D eigenvalue weighted by molar-refractivity contribution is 5.97. The molecule has 1 amide bonds. The maximum Gasteiger partial charge on any atom is 0.275 e. The molecule has 5 nitrogen and oxygen atoms in total. The van der Waals surface area contributed by atoms with Crippen LogP contribution in [0.15, 0.2) is 41.5 Å². The molecule has 0 aliphatic heterocycles. The molecule has 0 aliphatic rings. The van der Waals surface area contributed by atoms with Crippen LogP contribution in [-0.4, -0.2) is 22.3 Å². The molecular formula is C22H28N2O3. The summed E-state index contributed by atoms with van der Waals surface area (Å²) in [5.74, 6) is -0.485. The topological polar surface area (TPSA) is 81.9 Å². The Morgan fingerprint density at radius 3 is 2.19 bits per heavy atom. The summed E-state index contributed by atoms with van der Waals surface area (Å²) in [6, 6.07) is 10.1. The van der Waals surface area contributed by atoms with Gasteiger partial charge in [0.2, 0.25) is 0 Å². The first-order valence-electron chi connectivity index (χ1n) is 8.90. The van der Waals surface area contributed by atoms with Gasteiger partial charge in [0.1, 0.15) is 11.5 Å². The second-order valence-corrected chi connectivity index (χ2v) is 8.68. The van der Waals surface area contributed by atoms with Crippen molar-refractivity contribution in [2.45, 2.75) is 52.4 Å². The Bertz CT molecular complexity index is 872. The normalized spacial score (nSPS) is 12.4. The van der Waals surface area contributed by atoms with Gasteiger partial charge in [0.05, 0.1) is 11.8 Å². The van der Waals surface area contributed by atoms with E-state index in [0.717, 1.165) is 11.1 Å². The van der Waals surface area contributed by atoms with Crippen LogP contribution in [0.1, 0.15) is 68.6 Å². The lowest BCUT2D eigenvalue weighted by Crippen LogP contribution is -2.19. The number of para-hydroxylation sites is 1. The predicted molar refractivity (Wildman–Crippen MR) is 109 cm³/mol. The van der Waals surface area contributed by atoms with Crippen LogP contribution in [0.3, 0.4) is 0 Å². The minimum atomic E-state index is -0.521. The molecule has 0 atom stereocenters. The van der Waals surface area contributed by atoms with Crippen LogP contribution in [0, 0.1) is 0 Å². The third kappa shape index (κ3) is 4.88. The largest absolute Gasteiger partial charge is 0.507 e. The SMILES string of the molecule is CC(C)(C)c1cc(/C=N/NC(=O)c2ccccc2O)c(O)c(C(C)(C)C)c1. The Morgan fingerprint density at radius 1 is 1.00 bits per heavy atom. The first-order valence-corrected chi connectivity index (χ1v) is 8.90. The maximum absolute atomic E-state index is 12.1. The van der Waals surface area contributed by atoms with E-state index in [-0.39, 0.29) is 27.9 Å². The quantitative estimate of drug-likeness (QED) is 0.553. The van der Waals surface area contributed by atoms with Crippen molar-refractivity contribution in [1.29, 1.82) is 0 Å². The van der Waals surface area contributed by atoms with Gasteiger partial charge in [-0.2, -0.15) is 5.10 Å². The summed E-state index contributed by atoms with van der Waals surface area (Å²) in [5, 5.41) is 24.4. The van der Waals surface area contributed by atoms with E-state index in [1.807, 2.05) is 32.9 Å². The van der Waals surface area contributed by atoms with Crippen molar-refractivity contribution in [1.82, 2.24) is 5.43 Å². The summed E-state index contributed by atoms with van der Waals surface area (Å²) in [6.45, 7) is 12.4. The summed E-state index contributed by atoms with van der Waals surface area (Å²) < 4.78 is 0. The van der Waals surface area contributed by atoms with E-state index in [4.69, 9.17) is 0 Å². The van der Waals surface area contributed by atoms with Crippen molar-refractivity contribution in [3.05, 3.63) is 58.7 Å². The number of hydrogen-bond acceptors (Lipinski definition) is 4. The second-order valence-electron chi connectivity index (χ2n) is 8.68. The second kappa shape index (κ2) is 7.43. The van der Waals surface area contributed by atoms with Crippen LogP contribution in [0.25, 0.3) is 0 Å². The number of hydrogen-bond donors (Lipinski definition) is 3. The lowest BCUT2D eigenvalue weighted by molar-refractivity contribution is 0.0952. The monoisotopic (exact) mass is 368 g/mol. The van der Waals surface area contributed by atoms with Crippen LogP contribution < -0.4 is 5.43 Å². The Hall–Kier alpha value is -2.82. The molecule has 0 radical (unpaired) electrons. The van der Waals surface area contributed by atoms with Gasteiger partial charge in [-0.25, -0.2) is 5.43 Å². The minimum Gasteiger partial charge on any atom is -0.507 e. The molecule has 0 spiro atoms. The van der Waals surface area contributed by atoms with E-state index in [2.05, 4.69) is 31.3 Å². The van der Waals surface area contributed by atoms with Crippen molar-refractivity contribution in [2.75, 3.05) is 0 Å². The van der Waals surface area contributed by atoms with E-state index in [0.29, 0.717) is 5.56 Å². The zero-order valence-corrected chi connectivity index (χ0v) is 16.8. The molecule has 0 fully saturated rings. The van der Waals surface area contributed by atoms with Crippen molar-refractivity contribution in [3.8, 4) is 11.5 Å². The van der Waals surface area contributed by atoms with E-state index in [1.165, 1.54) is 18.3 Å². The predicted octanol–water partition coefficient (Wildman–Crippen LogP) is 4.46. The number of phenols is 2. The van der Waals surface area contributed by atoms with Crippen LogP contribution in [0.5, 0.6) is 11.5 Å². The standard InChI is InChI=1S/C22H28N2O3/c1-21(2,3)15-11-14(19(26)17(12-15)22(4,5)6)13-23-24-20(27)16-9-7-8-10-18(16)25/h7-13,25-26H,1-6H3,(H,24,27)/b23-13+. The van der Waals surface area contributed by atoms with E-state index < -0.39 is 5.91 Å². The first-order chi connectivity index (χ1) is 12.4. The fourth-order valence-electron chi connectivity index (χ4n) is 2.65. The molecular weight excluding hydrogens is 340 g/mol. The van der Waals surface area contributed by atoms with Crippen LogP contribution in [-0.2, 0) is 10.8 Å². The van der Waals surface area contributed by atoms with Gasteiger partial charge < -0.3 is 10.2 Å². The van der Waals surface area contributed by atoms with E-state index in [9.17, 15) is 15.0 Å². The van der Waals surface area contributed by atoms with Crippen molar-refractivity contribution >= 4 is 12.1 Å². The molecule has 27 heavy (non-hydrogen) atoms. The molecule has 0 bridgehead atoms. The molecule has 2 rings (SSSR count). The van der Waals surface area contributed by atoms with Gasteiger partial charge >= 0.3 is 0 Å². The Balaban J connectivity index is 2.36. The molecule has 2 aromatic rings. The molecule has 0 saturated carbocycles. The van der Waals surface area contributed by atoms with Gasteiger partial charge in [0.15, 0.2) is 0 Å². The number of aromatic hydroxyl groups is 2. The number of rotatable bonds is 3. The Morgan fingerprint density at radius 2 is 1.63 bits per heavy atom. The molecule has 144 valence electrons. The average molecular weight is 368 g/mol. The molecule has 0 saturated heterocycles. The molecule has 0 heterocycles. The van der Waals surface area contributed by atoms with E-state index in [1.54, 1.807) is 12.1 Å². The van der Waals surface area contributed by atoms with Gasteiger partial charge in [-0.15, -0.1) is 0 Å². The molecule has 0 unspecified atom stereocenters. The summed E-state index contributed by atoms with van der Waals surface area (Å²) in [4.78, 5) is 12.1. The molecule has 2 aromatic carbocycles. The number of carbonyl (C=O) groups is 1. The number of phenolic OH excluding ortho intramolecular Hbond substituents is 2. The van der Waals surface area contributed by atoms with Gasteiger partial charge in [-0.1, -0.05) is 59.7 Å². The average Bonchev–Trinajstić information content (AvgIpc) is 2.54. The van der Waals surface area contributed by atoms with Crippen LogP contribution >= 0.6 is 0 Å². The van der Waals surface area contributed by atoms with Crippen molar-refractivity contribution in [3.63, 3.8) is 0 Å². The summed E-state index contributed by atoms with van der Waals surface area (Å²) in [7, 11) is 0. The number of nitrogens with one attached hydrogen (secondary N) is 1. The number of hydrazone groups is 1. The van der Waals surface area contributed by atoms with Gasteiger partial charge in [0, 0.05) is 11.1 Å². The molecule has 5 heteroatoms. The smallest absolute Gasteiger partial charge is 0.275 e. The van der Waals surface area contributed by atoms with Crippen LogP contribution in [0.2, 0.25) is 0 Å². The fraction of sp³-hybridized carbons (Fsp3) is 0.364. The number of benzene rings is 2. The molecule has 0 aromatic heterocycles. The first kappa shape index (κ1) is 20.5. The zero-order valence-electron chi connectivity index (χ0n) is 16.8. The van der Waals surface area contributed by atoms with Gasteiger partial charge in [-0.3, -0.25) is 4.79 Å². The number of carbonyl (C=O) groups excluding carboxylic acids is 1. The maximum atomic E-state index is 12.1. The third-order valence-corrected chi connectivity index (χ3v) is 4.33. The van der Waals surface area contributed by atoms with Crippen molar-refractivity contribution in [2.24, 2.45) is 5.10 Å². The fourth-order valence-corrected chi connectivity index (χ4v) is 2.65. The highest BCUT2D eigenvalue weighted by Crippen LogP contribution is 2.37. The molecule has 0 aliphatic carbocycles. The number of amides is 1. The lowest BCUT2D eigenvalue weighted by Gasteiger charge is -2.26. The Labute approximate surface area is 160 Å². The number of nitrogens with zero attached hydrogens (tertiary/aromatic N) is 1. The lowest BCUT2D eigenvalue weighted by atomic mass is 9.79. The zero-order chi connectivity index (χ0) is 20.4. The summed E-state index contributed by atoms with van der Waals surface area (Å²) >= 11 is 0. The van der Waals surface area contributed by atoms with Gasteiger partial charge in [0.25, 0.3) is 5.91 Å². The van der Waals surface area contributed by atoms with Crippen molar-refractivity contribution < 1.29 is 15.0 Å². The summed E-state index contributed by atoms with van der Waals surface area (Å²) in [5.41, 5.74) is 4.61.